The maximum absolute atomic E-state index is 12.1. The van der Waals surface area contributed by atoms with Gasteiger partial charge in [-0.25, -0.2) is 0 Å². The van der Waals surface area contributed by atoms with Crippen molar-refractivity contribution in [2.45, 2.75) is 25.8 Å². The topological polar surface area (TPSA) is 41.1 Å². The van der Waals surface area contributed by atoms with Crippen molar-refractivity contribution in [1.29, 1.82) is 0 Å². The molecule has 2 N–H and O–H groups in total. The van der Waals surface area contributed by atoms with Crippen LogP contribution in [0, 0.1) is 6.92 Å². The Morgan fingerprint density at radius 3 is 2.82 bits per heavy atom. The molecule has 4 heteroatoms. The predicted molar refractivity (Wildman–Crippen MR) is 72.2 cm³/mol. The van der Waals surface area contributed by atoms with Crippen LogP contribution in [0.2, 0.25) is 0 Å². The molecule has 0 unspecified atom stereocenters. The first-order chi connectivity index (χ1) is 8.16. The minimum atomic E-state index is 0.0208. The maximum atomic E-state index is 12.1. The third-order valence-corrected chi connectivity index (χ3v) is 3.73. The van der Waals surface area contributed by atoms with Crippen molar-refractivity contribution in [3.8, 4) is 0 Å². The molecule has 17 heavy (non-hydrogen) atoms. The van der Waals surface area contributed by atoms with Gasteiger partial charge in [0.25, 0.3) is 5.91 Å². The SMILES string of the molecule is Cc1ccc(Br)c(C(=O)NC2CCNCC2)c1. The van der Waals surface area contributed by atoms with Crippen LogP contribution in [0.4, 0.5) is 0 Å². The molecule has 1 fully saturated rings. The van der Waals surface area contributed by atoms with Crippen LogP contribution in [-0.4, -0.2) is 25.0 Å². The molecular weight excluding hydrogens is 280 g/mol. The molecular formula is C13H17BrN2O. The standard InChI is InChI=1S/C13H17BrN2O/c1-9-2-3-12(14)11(8-9)13(17)16-10-4-6-15-7-5-10/h2-3,8,10,15H,4-7H2,1H3,(H,16,17). The minimum Gasteiger partial charge on any atom is -0.349 e. The number of benzene rings is 1. The van der Waals surface area contributed by atoms with E-state index in [-0.39, 0.29) is 5.91 Å². The van der Waals surface area contributed by atoms with E-state index in [1.807, 2.05) is 25.1 Å². The molecule has 1 heterocycles. The van der Waals surface area contributed by atoms with Gasteiger partial charge in [-0.05, 0) is 60.9 Å². The average Bonchev–Trinajstić information content (AvgIpc) is 2.33. The van der Waals surface area contributed by atoms with E-state index in [0.717, 1.165) is 41.5 Å². The summed E-state index contributed by atoms with van der Waals surface area (Å²) in [4.78, 5) is 12.1. The van der Waals surface area contributed by atoms with Gasteiger partial charge in [-0.15, -0.1) is 0 Å². The van der Waals surface area contributed by atoms with Crippen molar-refractivity contribution in [1.82, 2.24) is 10.6 Å². The van der Waals surface area contributed by atoms with Crippen molar-refractivity contribution in [2.75, 3.05) is 13.1 Å². The van der Waals surface area contributed by atoms with Crippen LogP contribution in [-0.2, 0) is 0 Å². The summed E-state index contributed by atoms with van der Waals surface area (Å²) in [5, 5.41) is 6.38. The third-order valence-electron chi connectivity index (χ3n) is 3.04. The van der Waals surface area contributed by atoms with Crippen molar-refractivity contribution in [3.05, 3.63) is 33.8 Å². The van der Waals surface area contributed by atoms with Gasteiger partial charge in [-0.2, -0.15) is 0 Å². The highest BCUT2D eigenvalue weighted by Crippen LogP contribution is 2.18. The lowest BCUT2D eigenvalue weighted by atomic mass is 10.1. The summed E-state index contributed by atoms with van der Waals surface area (Å²) in [6, 6.07) is 6.13. The number of nitrogens with one attached hydrogen (secondary N) is 2. The first-order valence-electron chi connectivity index (χ1n) is 5.94. The largest absolute Gasteiger partial charge is 0.349 e. The number of carbonyl (C=O) groups excluding carboxylic acids is 1. The minimum absolute atomic E-state index is 0.0208. The van der Waals surface area contributed by atoms with Crippen LogP contribution in [0.15, 0.2) is 22.7 Å². The van der Waals surface area contributed by atoms with E-state index in [4.69, 9.17) is 0 Å². The van der Waals surface area contributed by atoms with E-state index in [0.29, 0.717) is 6.04 Å². The lowest BCUT2D eigenvalue weighted by molar-refractivity contribution is 0.0928. The van der Waals surface area contributed by atoms with E-state index in [9.17, 15) is 4.79 Å². The van der Waals surface area contributed by atoms with E-state index in [1.165, 1.54) is 0 Å². The zero-order chi connectivity index (χ0) is 12.3. The molecule has 3 nitrogen and oxygen atoms in total. The molecule has 0 spiro atoms. The van der Waals surface area contributed by atoms with Crippen molar-refractivity contribution < 1.29 is 4.79 Å². The first-order valence-corrected chi connectivity index (χ1v) is 6.74. The summed E-state index contributed by atoms with van der Waals surface area (Å²) in [6.45, 7) is 3.97. The quantitative estimate of drug-likeness (QED) is 0.879. The Kier molecular flexibility index (Phi) is 4.18. The number of aryl methyl sites for hydroxylation is 1. The molecule has 0 atom stereocenters. The molecule has 1 saturated heterocycles. The zero-order valence-corrected chi connectivity index (χ0v) is 11.5. The number of piperidine rings is 1. The van der Waals surface area contributed by atoms with Gasteiger partial charge in [0.2, 0.25) is 0 Å². The monoisotopic (exact) mass is 296 g/mol. The van der Waals surface area contributed by atoms with Gasteiger partial charge in [0.15, 0.2) is 0 Å². The molecule has 1 aliphatic heterocycles. The molecule has 1 aliphatic rings. The molecule has 92 valence electrons. The number of hydrogen-bond acceptors (Lipinski definition) is 2. The average molecular weight is 297 g/mol. The second-order valence-corrected chi connectivity index (χ2v) is 5.34. The van der Waals surface area contributed by atoms with Crippen LogP contribution >= 0.6 is 15.9 Å². The summed E-state index contributed by atoms with van der Waals surface area (Å²) in [5.74, 6) is 0.0208. The van der Waals surface area contributed by atoms with Crippen molar-refractivity contribution in [2.24, 2.45) is 0 Å². The van der Waals surface area contributed by atoms with Crippen LogP contribution < -0.4 is 10.6 Å². The fourth-order valence-corrected chi connectivity index (χ4v) is 2.47. The maximum Gasteiger partial charge on any atom is 0.252 e. The van der Waals surface area contributed by atoms with Gasteiger partial charge < -0.3 is 10.6 Å². The Morgan fingerprint density at radius 2 is 2.12 bits per heavy atom. The Morgan fingerprint density at radius 1 is 1.41 bits per heavy atom. The summed E-state index contributed by atoms with van der Waals surface area (Å²) >= 11 is 3.42. The predicted octanol–water partition coefficient (Wildman–Crippen LogP) is 2.24. The highest BCUT2D eigenvalue weighted by Gasteiger charge is 2.17. The van der Waals surface area contributed by atoms with E-state index in [1.54, 1.807) is 0 Å². The number of amides is 1. The van der Waals surface area contributed by atoms with Gasteiger partial charge in [-0.1, -0.05) is 11.6 Å². The van der Waals surface area contributed by atoms with Crippen LogP contribution in [0.25, 0.3) is 0 Å². The van der Waals surface area contributed by atoms with Crippen molar-refractivity contribution in [3.63, 3.8) is 0 Å². The number of hydrogen-bond donors (Lipinski definition) is 2. The molecule has 1 aromatic rings. The first kappa shape index (κ1) is 12.6. The third kappa shape index (κ3) is 3.30. The number of carbonyl (C=O) groups is 1. The molecule has 1 aromatic carbocycles. The summed E-state index contributed by atoms with van der Waals surface area (Å²) in [5.41, 5.74) is 1.83. The van der Waals surface area contributed by atoms with Gasteiger partial charge in [-0.3, -0.25) is 4.79 Å². The summed E-state index contributed by atoms with van der Waals surface area (Å²) in [7, 11) is 0. The van der Waals surface area contributed by atoms with E-state index >= 15 is 0 Å². The molecule has 2 rings (SSSR count). The van der Waals surface area contributed by atoms with Gasteiger partial charge in [0.1, 0.15) is 0 Å². The van der Waals surface area contributed by atoms with Gasteiger partial charge in [0.05, 0.1) is 5.56 Å². The Labute approximate surface area is 110 Å². The fraction of sp³-hybridized carbons (Fsp3) is 0.462. The second-order valence-electron chi connectivity index (χ2n) is 4.48. The second kappa shape index (κ2) is 5.65. The molecule has 0 aromatic heterocycles. The molecule has 0 bridgehead atoms. The van der Waals surface area contributed by atoms with Crippen LogP contribution in [0.5, 0.6) is 0 Å². The summed E-state index contributed by atoms with van der Waals surface area (Å²) in [6.07, 6.45) is 2.02. The van der Waals surface area contributed by atoms with Gasteiger partial charge in [0, 0.05) is 10.5 Å². The van der Waals surface area contributed by atoms with E-state index in [2.05, 4.69) is 26.6 Å². The highest BCUT2D eigenvalue weighted by atomic mass is 79.9. The summed E-state index contributed by atoms with van der Waals surface area (Å²) < 4.78 is 0.856. The molecule has 0 aliphatic carbocycles. The Bertz CT molecular complexity index is 414. The molecule has 0 saturated carbocycles. The lowest BCUT2D eigenvalue weighted by Crippen LogP contribution is -2.42. The number of halogens is 1. The smallest absolute Gasteiger partial charge is 0.252 e. The molecule has 0 radical (unpaired) electrons. The van der Waals surface area contributed by atoms with E-state index < -0.39 is 0 Å². The van der Waals surface area contributed by atoms with Crippen LogP contribution in [0.1, 0.15) is 28.8 Å². The Balaban J connectivity index is 2.05. The Hall–Kier alpha value is -0.870. The number of rotatable bonds is 2. The molecule has 1 amide bonds. The van der Waals surface area contributed by atoms with Crippen LogP contribution in [0.3, 0.4) is 0 Å². The highest BCUT2D eigenvalue weighted by molar-refractivity contribution is 9.10. The normalized spacial score (nSPS) is 16.8. The van der Waals surface area contributed by atoms with Gasteiger partial charge >= 0.3 is 0 Å². The fourth-order valence-electron chi connectivity index (χ4n) is 2.04. The lowest BCUT2D eigenvalue weighted by Gasteiger charge is -2.23. The zero-order valence-electron chi connectivity index (χ0n) is 9.92. The van der Waals surface area contributed by atoms with Crippen molar-refractivity contribution >= 4 is 21.8 Å².